The van der Waals surface area contributed by atoms with E-state index in [1.54, 1.807) is 51.2 Å². The second kappa shape index (κ2) is 12.4. The Hall–Kier alpha value is -2.63. The van der Waals surface area contributed by atoms with Crippen molar-refractivity contribution in [3.63, 3.8) is 0 Å². The molecule has 0 fully saturated rings. The first-order valence-electron chi connectivity index (χ1n) is 15.1. The van der Waals surface area contributed by atoms with Crippen LogP contribution in [0.25, 0.3) is 20.8 Å². The zero-order valence-electron chi connectivity index (χ0n) is 25.9. The minimum absolute atomic E-state index is 0.131. The number of carbonyl (C=O) groups excluding carboxylic acids is 1. The molecular formula is C33H42N4O3S3. The summed E-state index contributed by atoms with van der Waals surface area (Å²) in [6, 6.07) is 14.4. The third-order valence-corrected chi connectivity index (χ3v) is 12.3. The summed E-state index contributed by atoms with van der Waals surface area (Å²) in [5.74, 6) is -0.274. The van der Waals surface area contributed by atoms with E-state index in [2.05, 4.69) is 58.2 Å². The van der Waals surface area contributed by atoms with Gasteiger partial charge in [-0.2, -0.15) is 4.31 Å². The molecule has 0 unspecified atom stereocenters. The lowest BCUT2D eigenvalue weighted by Gasteiger charge is -2.42. The van der Waals surface area contributed by atoms with Crippen LogP contribution in [0.3, 0.4) is 0 Å². The van der Waals surface area contributed by atoms with E-state index in [1.165, 1.54) is 10.4 Å². The molecule has 2 aromatic carbocycles. The average Bonchev–Trinajstić information content (AvgIpc) is 3.53. The number of anilines is 1. The molecule has 0 bridgehead atoms. The van der Waals surface area contributed by atoms with Gasteiger partial charge in [-0.05, 0) is 88.9 Å². The highest BCUT2D eigenvalue weighted by molar-refractivity contribution is 7.89. The SMILES string of the molecule is CCCCN(CCCC)S(=O)(=O)c1ccc(C(=O)Nc2sc3c(c2-c2nc4ccccc4s2)CC(C)(C)NC3(C)C)cc1. The van der Waals surface area contributed by atoms with Crippen molar-refractivity contribution >= 4 is 53.8 Å². The molecule has 5 rings (SSSR count). The number of aromatic nitrogens is 1. The molecule has 0 spiro atoms. The number of nitrogens with one attached hydrogen (secondary N) is 2. The van der Waals surface area contributed by atoms with Gasteiger partial charge < -0.3 is 10.6 Å². The van der Waals surface area contributed by atoms with Crippen LogP contribution in [0.15, 0.2) is 53.4 Å². The van der Waals surface area contributed by atoms with E-state index in [0.29, 0.717) is 18.7 Å². The van der Waals surface area contributed by atoms with Gasteiger partial charge in [-0.15, -0.1) is 22.7 Å². The molecule has 10 heteroatoms. The van der Waals surface area contributed by atoms with Crippen molar-refractivity contribution in [3.05, 3.63) is 64.5 Å². The van der Waals surface area contributed by atoms with Crippen LogP contribution in [0.4, 0.5) is 5.00 Å². The Balaban J connectivity index is 1.48. The highest BCUT2D eigenvalue weighted by atomic mass is 32.2. The van der Waals surface area contributed by atoms with Crippen LogP contribution in [0.5, 0.6) is 0 Å². The summed E-state index contributed by atoms with van der Waals surface area (Å²) in [5.41, 5.74) is 3.14. The number of amides is 1. The molecule has 0 saturated heterocycles. The van der Waals surface area contributed by atoms with Crippen molar-refractivity contribution in [1.29, 1.82) is 0 Å². The zero-order chi connectivity index (χ0) is 31.0. The van der Waals surface area contributed by atoms with Gasteiger partial charge in [0, 0.05) is 40.2 Å². The third-order valence-electron chi connectivity index (χ3n) is 7.86. The maximum atomic E-state index is 13.7. The number of fused-ring (bicyclic) bond motifs is 2. The first-order valence-corrected chi connectivity index (χ1v) is 18.2. The summed E-state index contributed by atoms with van der Waals surface area (Å²) in [6.45, 7) is 13.9. The Morgan fingerprint density at radius 3 is 2.26 bits per heavy atom. The first-order chi connectivity index (χ1) is 20.4. The highest BCUT2D eigenvalue weighted by Crippen LogP contribution is 2.50. The summed E-state index contributed by atoms with van der Waals surface area (Å²) in [4.78, 5) is 20.0. The standard InChI is InChI=1S/C33H42N4O3S3/c1-7-9-19-37(20-10-8-2)43(39,40)23-17-15-22(16-18-23)29(38)35-31-27(30-34-25-13-11-12-14-26(25)41-30)24-21-32(3,4)36-33(5,6)28(24)42-31/h11-18,36H,7-10,19-21H2,1-6H3,(H,35,38). The fourth-order valence-corrected chi connectivity index (χ4v) is 9.84. The van der Waals surface area contributed by atoms with Gasteiger partial charge in [0.05, 0.1) is 15.1 Å². The lowest BCUT2D eigenvalue weighted by Crippen LogP contribution is -2.54. The van der Waals surface area contributed by atoms with Crippen molar-refractivity contribution in [2.45, 2.75) is 89.6 Å². The van der Waals surface area contributed by atoms with E-state index in [9.17, 15) is 13.2 Å². The number of unbranched alkanes of at least 4 members (excludes halogenated alkanes) is 2. The minimum atomic E-state index is -3.64. The monoisotopic (exact) mass is 638 g/mol. The fraction of sp³-hybridized carbons (Fsp3) is 0.455. The van der Waals surface area contributed by atoms with E-state index in [0.717, 1.165) is 57.9 Å². The van der Waals surface area contributed by atoms with Gasteiger partial charge in [0.15, 0.2) is 0 Å². The van der Waals surface area contributed by atoms with Crippen molar-refractivity contribution in [3.8, 4) is 10.6 Å². The van der Waals surface area contributed by atoms with E-state index >= 15 is 0 Å². The van der Waals surface area contributed by atoms with Crippen LogP contribution in [0, 0.1) is 0 Å². The molecule has 1 aliphatic heterocycles. The second-order valence-electron chi connectivity index (χ2n) is 12.5. The van der Waals surface area contributed by atoms with Crippen LogP contribution in [0.2, 0.25) is 0 Å². The molecule has 43 heavy (non-hydrogen) atoms. The number of carbonyl (C=O) groups is 1. The number of sulfonamides is 1. The molecule has 4 aromatic rings. The molecule has 7 nitrogen and oxygen atoms in total. The van der Waals surface area contributed by atoms with E-state index in [4.69, 9.17) is 4.98 Å². The Kier molecular flexibility index (Phi) is 9.17. The Morgan fingerprint density at radius 2 is 1.63 bits per heavy atom. The molecule has 0 radical (unpaired) electrons. The predicted octanol–water partition coefficient (Wildman–Crippen LogP) is 8.03. The normalized spacial score (nSPS) is 16.0. The number of hydrogen-bond donors (Lipinski definition) is 2. The van der Waals surface area contributed by atoms with Crippen LogP contribution in [0.1, 0.15) is 88.0 Å². The second-order valence-corrected chi connectivity index (χ2v) is 16.5. The number of benzene rings is 2. The molecular weight excluding hydrogens is 597 g/mol. The fourth-order valence-electron chi connectivity index (χ4n) is 5.94. The van der Waals surface area contributed by atoms with Gasteiger partial charge in [-0.3, -0.25) is 4.79 Å². The summed E-state index contributed by atoms with van der Waals surface area (Å²) >= 11 is 3.23. The quantitative estimate of drug-likeness (QED) is 0.174. The van der Waals surface area contributed by atoms with Gasteiger partial charge in [-0.1, -0.05) is 38.8 Å². The van der Waals surface area contributed by atoms with E-state index in [1.807, 2.05) is 18.2 Å². The topological polar surface area (TPSA) is 91.4 Å². The minimum Gasteiger partial charge on any atom is -0.313 e. The van der Waals surface area contributed by atoms with E-state index < -0.39 is 10.0 Å². The average molecular weight is 639 g/mol. The maximum absolute atomic E-state index is 13.7. The molecule has 2 aromatic heterocycles. The Labute approximate surface area is 263 Å². The number of rotatable bonds is 11. The van der Waals surface area contributed by atoms with Gasteiger partial charge >= 0.3 is 0 Å². The molecule has 0 aliphatic carbocycles. The predicted molar refractivity (Wildman–Crippen MR) is 180 cm³/mol. The first kappa shape index (κ1) is 31.8. The molecule has 1 aliphatic rings. The number of nitrogens with zero attached hydrogens (tertiary/aromatic N) is 2. The van der Waals surface area contributed by atoms with Crippen LogP contribution >= 0.6 is 22.7 Å². The molecule has 0 saturated carbocycles. The van der Waals surface area contributed by atoms with Crippen LogP contribution in [-0.2, 0) is 22.0 Å². The summed E-state index contributed by atoms with van der Waals surface area (Å²) in [5, 5.41) is 8.61. The third kappa shape index (κ3) is 6.59. The maximum Gasteiger partial charge on any atom is 0.256 e. The van der Waals surface area contributed by atoms with Gasteiger partial charge in [0.25, 0.3) is 5.91 Å². The summed E-state index contributed by atoms with van der Waals surface area (Å²) in [6.07, 6.45) is 4.28. The molecule has 0 atom stereocenters. The Morgan fingerprint density at radius 1 is 0.977 bits per heavy atom. The van der Waals surface area contributed by atoms with Crippen molar-refractivity contribution in [2.24, 2.45) is 0 Å². The lowest BCUT2D eigenvalue weighted by molar-refractivity contribution is 0.102. The summed E-state index contributed by atoms with van der Waals surface area (Å²) in [7, 11) is -3.64. The lowest BCUT2D eigenvalue weighted by atomic mass is 9.81. The Bertz CT molecular complexity index is 1680. The molecule has 3 heterocycles. The number of thiophene rings is 1. The number of para-hydroxylation sites is 1. The van der Waals surface area contributed by atoms with Crippen molar-refractivity contribution in [2.75, 3.05) is 18.4 Å². The number of hydrogen-bond acceptors (Lipinski definition) is 7. The molecule has 1 amide bonds. The zero-order valence-corrected chi connectivity index (χ0v) is 28.4. The van der Waals surface area contributed by atoms with Crippen molar-refractivity contribution in [1.82, 2.24) is 14.6 Å². The molecule has 2 N–H and O–H groups in total. The van der Waals surface area contributed by atoms with Crippen molar-refractivity contribution < 1.29 is 13.2 Å². The largest absolute Gasteiger partial charge is 0.313 e. The van der Waals surface area contributed by atoms with E-state index in [-0.39, 0.29) is 21.9 Å². The van der Waals surface area contributed by atoms with Gasteiger partial charge in [0.1, 0.15) is 10.0 Å². The highest BCUT2D eigenvalue weighted by Gasteiger charge is 2.41. The smallest absolute Gasteiger partial charge is 0.256 e. The van der Waals surface area contributed by atoms with Crippen LogP contribution in [-0.4, -0.2) is 42.2 Å². The summed E-state index contributed by atoms with van der Waals surface area (Å²) < 4.78 is 29.5. The molecule has 230 valence electrons. The van der Waals surface area contributed by atoms with Gasteiger partial charge in [0.2, 0.25) is 10.0 Å². The van der Waals surface area contributed by atoms with Crippen LogP contribution < -0.4 is 10.6 Å². The van der Waals surface area contributed by atoms with Gasteiger partial charge in [-0.25, -0.2) is 13.4 Å². The number of thiazole rings is 1.